The molecule has 0 saturated carbocycles. The number of hydrogen-bond donors (Lipinski definition) is 0. The summed E-state index contributed by atoms with van der Waals surface area (Å²) in [5.41, 5.74) is 0.0494. The number of hydrogen-bond acceptors (Lipinski definition) is 4. The summed E-state index contributed by atoms with van der Waals surface area (Å²) in [5.74, 6) is 0.0544. The van der Waals surface area contributed by atoms with Crippen LogP contribution in [0.15, 0.2) is 41.4 Å². The second-order valence-corrected chi connectivity index (χ2v) is 5.32. The molecule has 0 atom stereocenters. The first-order valence-electron chi connectivity index (χ1n) is 6.14. The molecule has 0 aliphatic heterocycles. The zero-order valence-electron chi connectivity index (χ0n) is 11.6. The van der Waals surface area contributed by atoms with Crippen LogP contribution in [0.3, 0.4) is 0 Å². The standard InChI is InChI=1S/C14H14F3N3S/c1-20(9-10-3-5-11(21-2)6-4-10)13-18-8-7-12(19-13)14(15,16)17/h3-8H,9H2,1-2H3. The van der Waals surface area contributed by atoms with Gasteiger partial charge in [0.1, 0.15) is 5.69 Å². The summed E-state index contributed by atoms with van der Waals surface area (Å²) in [4.78, 5) is 10.2. The second-order valence-electron chi connectivity index (χ2n) is 4.44. The molecule has 112 valence electrons. The van der Waals surface area contributed by atoms with Gasteiger partial charge < -0.3 is 4.90 Å². The molecule has 21 heavy (non-hydrogen) atoms. The highest BCUT2D eigenvalue weighted by Crippen LogP contribution is 2.28. The lowest BCUT2D eigenvalue weighted by Crippen LogP contribution is -2.21. The third-order valence-corrected chi connectivity index (χ3v) is 3.60. The molecule has 0 saturated heterocycles. The van der Waals surface area contributed by atoms with E-state index in [1.54, 1.807) is 23.7 Å². The van der Waals surface area contributed by atoms with E-state index in [2.05, 4.69) is 9.97 Å². The van der Waals surface area contributed by atoms with Gasteiger partial charge in [0.2, 0.25) is 5.95 Å². The van der Waals surface area contributed by atoms with Crippen molar-refractivity contribution in [1.82, 2.24) is 9.97 Å². The molecular weight excluding hydrogens is 299 g/mol. The second kappa shape index (κ2) is 6.34. The Hall–Kier alpha value is -1.76. The predicted octanol–water partition coefficient (Wildman–Crippen LogP) is 3.85. The average Bonchev–Trinajstić information content (AvgIpc) is 2.47. The fourth-order valence-electron chi connectivity index (χ4n) is 1.77. The van der Waals surface area contributed by atoms with Crippen LogP contribution in [0.25, 0.3) is 0 Å². The monoisotopic (exact) mass is 313 g/mol. The van der Waals surface area contributed by atoms with Gasteiger partial charge in [0.15, 0.2) is 0 Å². The number of nitrogens with zero attached hydrogens (tertiary/aromatic N) is 3. The van der Waals surface area contributed by atoms with Gasteiger partial charge in [-0.2, -0.15) is 13.2 Å². The van der Waals surface area contributed by atoms with Crippen molar-refractivity contribution in [3.63, 3.8) is 0 Å². The number of alkyl halides is 3. The topological polar surface area (TPSA) is 29.0 Å². The van der Waals surface area contributed by atoms with E-state index in [1.807, 2.05) is 30.5 Å². The summed E-state index contributed by atoms with van der Waals surface area (Å²) in [6, 6.07) is 8.69. The zero-order chi connectivity index (χ0) is 15.5. The highest BCUT2D eigenvalue weighted by molar-refractivity contribution is 7.98. The van der Waals surface area contributed by atoms with Crippen molar-refractivity contribution in [3.8, 4) is 0 Å². The molecule has 3 nitrogen and oxygen atoms in total. The maximum absolute atomic E-state index is 12.6. The van der Waals surface area contributed by atoms with Crippen LogP contribution in [0, 0.1) is 0 Å². The van der Waals surface area contributed by atoms with E-state index in [1.165, 1.54) is 0 Å². The van der Waals surface area contributed by atoms with E-state index >= 15 is 0 Å². The smallest absolute Gasteiger partial charge is 0.340 e. The Bertz CT molecular complexity index is 599. The molecule has 7 heteroatoms. The molecule has 0 aliphatic rings. The van der Waals surface area contributed by atoms with Crippen molar-refractivity contribution in [2.24, 2.45) is 0 Å². The Morgan fingerprint density at radius 2 is 1.81 bits per heavy atom. The van der Waals surface area contributed by atoms with E-state index in [-0.39, 0.29) is 5.95 Å². The Labute approximate surface area is 125 Å². The predicted molar refractivity (Wildman–Crippen MR) is 77.4 cm³/mol. The van der Waals surface area contributed by atoms with E-state index in [0.29, 0.717) is 6.54 Å². The van der Waals surface area contributed by atoms with Crippen LogP contribution in [0.1, 0.15) is 11.3 Å². The molecule has 1 aromatic carbocycles. The van der Waals surface area contributed by atoms with Crippen LogP contribution < -0.4 is 4.90 Å². The number of aromatic nitrogens is 2. The summed E-state index contributed by atoms with van der Waals surface area (Å²) < 4.78 is 37.9. The SMILES string of the molecule is CSc1ccc(CN(C)c2nccc(C(F)(F)F)n2)cc1. The van der Waals surface area contributed by atoms with Crippen LogP contribution in [-0.4, -0.2) is 23.3 Å². The molecule has 1 heterocycles. The highest BCUT2D eigenvalue weighted by atomic mass is 32.2. The van der Waals surface area contributed by atoms with E-state index < -0.39 is 11.9 Å². The van der Waals surface area contributed by atoms with Crippen molar-refractivity contribution in [3.05, 3.63) is 47.8 Å². The lowest BCUT2D eigenvalue weighted by atomic mass is 10.2. The molecule has 0 fully saturated rings. The number of rotatable bonds is 4. The minimum atomic E-state index is -4.46. The first-order chi connectivity index (χ1) is 9.90. The molecule has 0 bridgehead atoms. The molecule has 0 unspecified atom stereocenters. The highest BCUT2D eigenvalue weighted by Gasteiger charge is 2.33. The molecular formula is C14H14F3N3S. The third-order valence-electron chi connectivity index (χ3n) is 2.85. The van der Waals surface area contributed by atoms with Crippen LogP contribution in [0.4, 0.5) is 19.1 Å². The van der Waals surface area contributed by atoms with Crippen LogP contribution in [-0.2, 0) is 12.7 Å². The fraction of sp³-hybridized carbons (Fsp3) is 0.286. The molecule has 0 spiro atoms. The van der Waals surface area contributed by atoms with Crippen LogP contribution in [0.5, 0.6) is 0 Å². The Kier molecular flexibility index (Phi) is 4.72. The maximum Gasteiger partial charge on any atom is 0.433 e. The molecule has 1 aromatic heterocycles. The number of anilines is 1. The molecule has 0 radical (unpaired) electrons. The van der Waals surface area contributed by atoms with Crippen molar-refractivity contribution >= 4 is 17.7 Å². The summed E-state index contributed by atoms with van der Waals surface area (Å²) in [6.07, 6.45) is -1.35. The molecule has 0 amide bonds. The van der Waals surface area contributed by atoms with E-state index in [4.69, 9.17) is 0 Å². The largest absolute Gasteiger partial charge is 0.433 e. The summed E-state index contributed by atoms with van der Waals surface area (Å²) >= 11 is 1.63. The van der Waals surface area contributed by atoms with Crippen molar-refractivity contribution in [2.45, 2.75) is 17.6 Å². The normalized spacial score (nSPS) is 11.5. The van der Waals surface area contributed by atoms with Crippen LogP contribution >= 0.6 is 11.8 Å². The Morgan fingerprint density at radius 1 is 1.14 bits per heavy atom. The first kappa shape index (κ1) is 15.6. The summed E-state index contributed by atoms with van der Waals surface area (Å²) in [7, 11) is 1.66. The van der Waals surface area contributed by atoms with Gasteiger partial charge in [-0.05, 0) is 30.0 Å². The van der Waals surface area contributed by atoms with Crippen molar-refractivity contribution < 1.29 is 13.2 Å². The molecule has 0 aliphatic carbocycles. The maximum atomic E-state index is 12.6. The lowest BCUT2D eigenvalue weighted by Gasteiger charge is -2.18. The molecule has 2 rings (SSSR count). The van der Waals surface area contributed by atoms with Gasteiger partial charge in [-0.15, -0.1) is 11.8 Å². The molecule has 2 aromatic rings. The Morgan fingerprint density at radius 3 is 2.38 bits per heavy atom. The number of benzene rings is 1. The van der Waals surface area contributed by atoms with Gasteiger partial charge in [0, 0.05) is 24.7 Å². The van der Waals surface area contributed by atoms with Gasteiger partial charge in [-0.1, -0.05) is 12.1 Å². The quantitative estimate of drug-likeness (QED) is 0.802. The fourth-order valence-corrected chi connectivity index (χ4v) is 2.17. The minimum Gasteiger partial charge on any atom is -0.340 e. The van der Waals surface area contributed by atoms with Gasteiger partial charge in [-0.25, -0.2) is 9.97 Å². The lowest BCUT2D eigenvalue weighted by molar-refractivity contribution is -0.141. The first-order valence-corrected chi connectivity index (χ1v) is 7.37. The van der Waals surface area contributed by atoms with Gasteiger partial charge >= 0.3 is 6.18 Å². The molecule has 0 N–H and O–H groups in total. The third kappa shape index (κ3) is 4.10. The van der Waals surface area contributed by atoms with Crippen LogP contribution in [0.2, 0.25) is 0 Å². The number of halogens is 3. The summed E-state index contributed by atoms with van der Waals surface area (Å²) in [6.45, 7) is 0.440. The minimum absolute atomic E-state index is 0.0544. The average molecular weight is 313 g/mol. The van der Waals surface area contributed by atoms with Crippen molar-refractivity contribution in [1.29, 1.82) is 0 Å². The zero-order valence-corrected chi connectivity index (χ0v) is 12.4. The van der Waals surface area contributed by atoms with Gasteiger partial charge in [0.25, 0.3) is 0 Å². The van der Waals surface area contributed by atoms with E-state index in [0.717, 1.165) is 22.7 Å². The van der Waals surface area contributed by atoms with E-state index in [9.17, 15) is 13.2 Å². The number of thioether (sulfide) groups is 1. The van der Waals surface area contributed by atoms with Crippen molar-refractivity contribution in [2.75, 3.05) is 18.2 Å². The Balaban J connectivity index is 2.14. The van der Waals surface area contributed by atoms with Gasteiger partial charge in [0.05, 0.1) is 0 Å². The van der Waals surface area contributed by atoms with Gasteiger partial charge in [-0.3, -0.25) is 0 Å². The summed E-state index contributed by atoms with van der Waals surface area (Å²) in [5, 5.41) is 0.